The van der Waals surface area contributed by atoms with E-state index in [0.29, 0.717) is 25.0 Å². The second-order valence-corrected chi connectivity index (χ2v) is 5.20. The van der Waals surface area contributed by atoms with Gasteiger partial charge in [-0.2, -0.15) is 0 Å². The number of nitrogens with zero attached hydrogens (tertiary/aromatic N) is 1. The largest absolute Gasteiger partial charge is 0.391 e. The molecule has 2 N–H and O–H groups in total. The lowest BCUT2D eigenvalue weighted by molar-refractivity contribution is -0.128. The van der Waals surface area contributed by atoms with Crippen LogP contribution in [0, 0.1) is 0 Å². The third kappa shape index (κ3) is 4.91. The monoisotopic (exact) mass is 299 g/mol. The highest BCUT2D eigenvalue weighted by atomic mass is 16.6. The van der Waals surface area contributed by atoms with Gasteiger partial charge in [0.15, 0.2) is 0 Å². The van der Waals surface area contributed by atoms with Gasteiger partial charge < -0.3 is 15.5 Å². The van der Waals surface area contributed by atoms with E-state index >= 15 is 0 Å². The van der Waals surface area contributed by atoms with Crippen LogP contribution >= 0.6 is 0 Å². The van der Waals surface area contributed by atoms with Crippen molar-refractivity contribution >= 4 is 25.3 Å². The van der Waals surface area contributed by atoms with Crippen molar-refractivity contribution in [1.82, 2.24) is 10.6 Å². The van der Waals surface area contributed by atoms with Crippen LogP contribution in [0.15, 0.2) is 35.5 Å². The Hall–Kier alpha value is -2.31. The van der Waals surface area contributed by atoms with Gasteiger partial charge in [0.2, 0.25) is 11.8 Å². The molecule has 0 saturated heterocycles. The number of hydrogen-bond donors (Lipinski definition) is 2. The van der Waals surface area contributed by atoms with Crippen molar-refractivity contribution in [1.29, 1.82) is 0 Å². The van der Waals surface area contributed by atoms with E-state index in [-0.39, 0.29) is 17.9 Å². The number of benzene rings is 1. The number of carbonyl (C=O) groups is 2. The van der Waals surface area contributed by atoms with Crippen LogP contribution in [0.25, 0.3) is 0 Å². The molecule has 1 heterocycles. The molecule has 2 amide bonds. The van der Waals surface area contributed by atoms with E-state index in [1.807, 2.05) is 30.3 Å². The second-order valence-electron chi connectivity index (χ2n) is 5.20. The molecule has 0 spiro atoms. The predicted octanol–water partition coefficient (Wildman–Crippen LogP) is 0.121. The summed E-state index contributed by atoms with van der Waals surface area (Å²) >= 11 is 0. The van der Waals surface area contributed by atoms with Gasteiger partial charge in [-0.25, -0.2) is 0 Å². The first-order chi connectivity index (χ1) is 10.5. The molecule has 6 nitrogen and oxygen atoms in total. The number of hydrogen-bond acceptors (Lipinski definition) is 4. The van der Waals surface area contributed by atoms with Gasteiger partial charge in [0.25, 0.3) is 0 Å². The van der Waals surface area contributed by atoms with Gasteiger partial charge in [-0.15, -0.1) is 5.16 Å². The number of rotatable bonds is 6. The summed E-state index contributed by atoms with van der Waals surface area (Å²) in [4.78, 5) is 28.6. The lowest BCUT2D eigenvalue weighted by Crippen LogP contribution is -2.48. The summed E-state index contributed by atoms with van der Waals surface area (Å²) in [5.41, 5.74) is 1.39. The van der Waals surface area contributed by atoms with E-state index in [4.69, 9.17) is 12.7 Å². The minimum Gasteiger partial charge on any atom is -0.391 e. The summed E-state index contributed by atoms with van der Waals surface area (Å²) in [6, 6.07) is 8.89. The highest BCUT2D eigenvalue weighted by Crippen LogP contribution is 2.08. The van der Waals surface area contributed by atoms with Crippen LogP contribution in [-0.4, -0.2) is 44.0 Å². The first-order valence-electron chi connectivity index (χ1n) is 7.11. The zero-order valence-corrected chi connectivity index (χ0v) is 12.4. The molecule has 2 radical (unpaired) electrons. The van der Waals surface area contributed by atoms with Crippen LogP contribution in [0.2, 0.25) is 0 Å². The van der Waals surface area contributed by atoms with E-state index in [0.717, 1.165) is 5.56 Å². The maximum absolute atomic E-state index is 12.3. The van der Waals surface area contributed by atoms with Gasteiger partial charge in [0.1, 0.15) is 20.0 Å². The minimum atomic E-state index is -0.625. The Morgan fingerprint density at radius 1 is 1.41 bits per heavy atom. The van der Waals surface area contributed by atoms with E-state index < -0.39 is 6.04 Å². The van der Waals surface area contributed by atoms with Crippen LogP contribution in [0.1, 0.15) is 18.9 Å². The van der Waals surface area contributed by atoms with Crippen LogP contribution in [0.3, 0.4) is 0 Å². The van der Waals surface area contributed by atoms with Gasteiger partial charge in [-0.1, -0.05) is 30.3 Å². The summed E-state index contributed by atoms with van der Waals surface area (Å²) in [6.45, 7) is 1.69. The van der Waals surface area contributed by atoms with Crippen LogP contribution in [-0.2, 0) is 20.8 Å². The number of oxime groups is 1. The molecule has 0 aromatic heterocycles. The Morgan fingerprint density at radius 2 is 2.14 bits per heavy atom. The van der Waals surface area contributed by atoms with Crippen molar-refractivity contribution in [2.75, 3.05) is 6.54 Å². The molecule has 22 heavy (non-hydrogen) atoms. The van der Waals surface area contributed by atoms with Gasteiger partial charge in [0.05, 0.1) is 6.54 Å². The van der Waals surface area contributed by atoms with Crippen LogP contribution < -0.4 is 10.6 Å². The first kappa shape index (κ1) is 16.1. The maximum Gasteiger partial charge on any atom is 0.243 e. The standard InChI is InChI=1S/C15H18BN3O3/c1-10(20)18-13(7-11-5-3-2-4-6-11)15(21)17-9-12-8-14(16)19-22-12/h2-6,12-13H,7-9H2,1H3,(H,17,21)(H,18,20)/t12?,13-/m0/s1. The fourth-order valence-corrected chi connectivity index (χ4v) is 2.20. The summed E-state index contributed by atoms with van der Waals surface area (Å²) in [6.07, 6.45) is 0.666. The van der Waals surface area contributed by atoms with Crippen molar-refractivity contribution < 1.29 is 14.4 Å². The Labute approximate surface area is 130 Å². The third-order valence-electron chi connectivity index (χ3n) is 3.24. The number of carbonyl (C=O) groups excluding carboxylic acids is 2. The molecule has 2 atom stereocenters. The maximum atomic E-state index is 12.3. The smallest absolute Gasteiger partial charge is 0.243 e. The molecule has 1 aromatic rings. The number of nitrogens with one attached hydrogen (secondary N) is 2. The molecular formula is C15H18BN3O3. The first-order valence-corrected chi connectivity index (χ1v) is 7.11. The molecule has 2 rings (SSSR count). The van der Waals surface area contributed by atoms with Crippen molar-refractivity contribution in [3.8, 4) is 0 Å². The molecular weight excluding hydrogens is 281 g/mol. The quantitative estimate of drug-likeness (QED) is 0.732. The predicted molar refractivity (Wildman–Crippen MR) is 83.4 cm³/mol. The SMILES string of the molecule is [B]C1=NOC(CNC(=O)[C@H](Cc2ccccc2)NC(C)=O)C1. The molecule has 7 heteroatoms. The van der Waals surface area contributed by atoms with Crippen molar-refractivity contribution in [2.45, 2.75) is 31.9 Å². The molecule has 0 saturated carbocycles. The summed E-state index contributed by atoms with van der Waals surface area (Å²) in [5.74, 6) is -0.506. The summed E-state index contributed by atoms with van der Waals surface area (Å²) in [5, 5.41) is 9.06. The van der Waals surface area contributed by atoms with E-state index in [1.165, 1.54) is 6.92 Å². The van der Waals surface area contributed by atoms with Crippen molar-refractivity contribution in [3.63, 3.8) is 0 Å². The molecule has 0 bridgehead atoms. The number of amides is 2. The van der Waals surface area contributed by atoms with E-state index in [1.54, 1.807) is 0 Å². The molecule has 1 unspecified atom stereocenters. The van der Waals surface area contributed by atoms with Crippen molar-refractivity contribution in [3.05, 3.63) is 35.9 Å². The fraction of sp³-hybridized carbons (Fsp3) is 0.400. The topological polar surface area (TPSA) is 79.8 Å². The molecule has 1 aliphatic rings. The highest BCUT2D eigenvalue weighted by molar-refractivity contribution is 6.59. The Balaban J connectivity index is 1.90. The Bertz CT molecular complexity index is 562. The second kappa shape index (κ2) is 7.63. The van der Waals surface area contributed by atoms with Crippen LogP contribution in [0.5, 0.6) is 0 Å². The highest BCUT2D eigenvalue weighted by Gasteiger charge is 2.23. The zero-order valence-electron chi connectivity index (χ0n) is 12.4. The Morgan fingerprint density at radius 3 is 2.73 bits per heavy atom. The molecule has 1 aliphatic heterocycles. The van der Waals surface area contributed by atoms with Crippen LogP contribution in [0.4, 0.5) is 0 Å². The Kier molecular flexibility index (Phi) is 5.58. The minimum absolute atomic E-state index is 0.249. The van der Waals surface area contributed by atoms with Gasteiger partial charge in [-0.3, -0.25) is 9.59 Å². The molecule has 0 fully saturated rings. The fourth-order valence-electron chi connectivity index (χ4n) is 2.20. The lowest BCUT2D eigenvalue weighted by atomic mass is 9.96. The third-order valence-corrected chi connectivity index (χ3v) is 3.24. The average Bonchev–Trinajstić information content (AvgIpc) is 2.90. The normalized spacial score (nSPS) is 18.0. The summed E-state index contributed by atoms with van der Waals surface area (Å²) in [7, 11) is 5.51. The summed E-state index contributed by atoms with van der Waals surface area (Å²) < 4.78 is 0. The van der Waals surface area contributed by atoms with E-state index in [9.17, 15) is 9.59 Å². The molecule has 1 aromatic carbocycles. The van der Waals surface area contributed by atoms with E-state index in [2.05, 4.69) is 15.8 Å². The van der Waals surface area contributed by atoms with Gasteiger partial charge >= 0.3 is 0 Å². The molecule has 0 aliphatic carbocycles. The van der Waals surface area contributed by atoms with Crippen molar-refractivity contribution in [2.24, 2.45) is 5.16 Å². The molecule has 114 valence electrons. The average molecular weight is 299 g/mol. The van der Waals surface area contributed by atoms with Gasteiger partial charge in [0, 0.05) is 25.4 Å². The zero-order chi connectivity index (χ0) is 15.9. The lowest BCUT2D eigenvalue weighted by Gasteiger charge is -2.19. The van der Waals surface area contributed by atoms with Gasteiger partial charge in [-0.05, 0) is 5.56 Å².